The van der Waals surface area contributed by atoms with Gasteiger partial charge in [0.05, 0.1) is 19.1 Å². The van der Waals surface area contributed by atoms with Gasteiger partial charge in [0.15, 0.2) is 5.82 Å². The van der Waals surface area contributed by atoms with Crippen LogP contribution in [-0.2, 0) is 27.3 Å². The van der Waals surface area contributed by atoms with Crippen molar-refractivity contribution in [2.24, 2.45) is 5.92 Å². The van der Waals surface area contributed by atoms with Gasteiger partial charge in [0.25, 0.3) is 0 Å². The summed E-state index contributed by atoms with van der Waals surface area (Å²) in [5.41, 5.74) is 0. The zero-order chi connectivity index (χ0) is 16.1. The molecule has 1 aromatic heterocycles. The lowest BCUT2D eigenvalue weighted by molar-refractivity contribution is -0.142. The molecule has 1 saturated carbocycles. The lowest BCUT2D eigenvalue weighted by atomic mass is 9.84. The molecule has 2 heterocycles. The van der Waals surface area contributed by atoms with E-state index in [0.717, 1.165) is 32.2 Å². The van der Waals surface area contributed by atoms with Crippen LogP contribution in [0.2, 0.25) is 0 Å². The first-order valence-electron chi connectivity index (χ1n) is 8.47. The van der Waals surface area contributed by atoms with Crippen molar-refractivity contribution in [3.8, 4) is 0 Å². The third-order valence-corrected chi connectivity index (χ3v) is 4.62. The Hall–Kier alpha value is -1.47. The molecule has 1 atom stereocenters. The second kappa shape index (κ2) is 7.88. The fraction of sp³-hybridized carbons (Fsp3) is 0.812. The summed E-state index contributed by atoms with van der Waals surface area (Å²) >= 11 is 0. The zero-order valence-corrected chi connectivity index (χ0v) is 13.7. The maximum Gasteiger partial charge on any atom is 0.229 e. The Morgan fingerprint density at radius 3 is 2.96 bits per heavy atom. The molecule has 1 amide bonds. The fourth-order valence-electron chi connectivity index (χ4n) is 3.02. The van der Waals surface area contributed by atoms with Crippen LogP contribution < -0.4 is 0 Å². The lowest BCUT2D eigenvalue weighted by Crippen LogP contribution is -2.46. The summed E-state index contributed by atoms with van der Waals surface area (Å²) in [6, 6.07) is 0. The quantitative estimate of drug-likeness (QED) is 0.758. The van der Waals surface area contributed by atoms with E-state index in [1.54, 1.807) is 7.11 Å². The van der Waals surface area contributed by atoms with Crippen LogP contribution in [0.1, 0.15) is 43.8 Å². The van der Waals surface area contributed by atoms with E-state index in [4.69, 9.17) is 14.0 Å². The first-order chi connectivity index (χ1) is 11.3. The highest BCUT2D eigenvalue weighted by atomic mass is 16.5. The molecule has 2 fully saturated rings. The molecule has 0 spiro atoms. The predicted octanol–water partition coefficient (Wildman–Crippen LogP) is 1.57. The number of likely N-dealkylation sites (tertiary alicyclic amines) is 1. The summed E-state index contributed by atoms with van der Waals surface area (Å²) in [5.74, 6) is 1.69. The van der Waals surface area contributed by atoms with Gasteiger partial charge in [-0.15, -0.1) is 0 Å². The van der Waals surface area contributed by atoms with E-state index in [2.05, 4.69) is 10.1 Å². The van der Waals surface area contributed by atoms with Gasteiger partial charge in [0.2, 0.25) is 11.8 Å². The van der Waals surface area contributed by atoms with Gasteiger partial charge in [-0.3, -0.25) is 4.79 Å². The highest BCUT2D eigenvalue weighted by molar-refractivity contribution is 5.79. The first-order valence-corrected chi connectivity index (χ1v) is 8.47. The molecule has 7 nitrogen and oxygen atoms in total. The van der Waals surface area contributed by atoms with Crippen LogP contribution in [0.25, 0.3) is 0 Å². The van der Waals surface area contributed by atoms with Crippen LogP contribution >= 0.6 is 0 Å². The summed E-state index contributed by atoms with van der Waals surface area (Å²) in [6.45, 7) is 2.43. The second-order valence-electron chi connectivity index (χ2n) is 6.33. The van der Waals surface area contributed by atoms with Gasteiger partial charge in [-0.05, 0) is 25.7 Å². The minimum Gasteiger partial charge on any atom is -0.384 e. The third kappa shape index (κ3) is 4.29. The van der Waals surface area contributed by atoms with Gasteiger partial charge in [-0.2, -0.15) is 4.98 Å². The molecule has 3 rings (SSSR count). The topological polar surface area (TPSA) is 77.7 Å². The minimum absolute atomic E-state index is 0.0636. The van der Waals surface area contributed by atoms with Gasteiger partial charge in [0, 0.05) is 26.1 Å². The van der Waals surface area contributed by atoms with E-state index in [1.165, 1.54) is 6.42 Å². The van der Waals surface area contributed by atoms with Crippen molar-refractivity contribution in [3.05, 3.63) is 11.7 Å². The van der Waals surface area contributed by atoms with Crippen LogP contribution in [0.4, 0.5) is 0 Å². The van der Waals surface area contributed by atoms with Crippen LogP contribution in [0.5, 0.6) is 0 Å². The highest BCUT2D eigenvalue weighted by Crippen LogP contribution is 2.29. The number of rotatable bonds is 7. The molecule has 7 heteroatoms. The van der Waals surface area contributed by atoms with E-state index in [-0.39, 0.29) is 12.0 Å². The molecule has 0 N–H and O–H groups in total. The Kier molecular flexibility index (Phi) is 5.61. The Morgan fingerprint density at radius 2 is 2.22 bits per heavy atom. The van der Waals surface area contributed by atoms with Gasteiger partial charge in [-0.25, -0.2) is 0 Å². The number of carbonyl (C=O) groups excluding carboxylic acids is 1. The molecule has 0 unspecified atom stereocenters. The maximum atomic E-state index is 12.3. The number of piperidine rings is 1. The van der Waals surface area contributed by atoms with Crippen molar-refractivity contribution in [1.29, 1.82) is 0 Å². The predicted molar refractivity (Wildman–Crippen MR) is 81.6 cm³/mol. The molecule has 0 bridgehead atoms. The number of hydrogen-bond donors (Lipinski definition) is 0. The van der Waals surface area contributed by atoms with Crippen molar-refractivity contribution in [2.75, 3.05) is 26.8 Å². The number of amides is 1. The molecular weight excluding hydrogens is 298 g/mol. The van der Waals surface area contributed by atoms with Gasteiger partial charge in [-0.1, -0.05) is 11.6 Å². The molecule has 0 radical (unpaired) electrons. The molecule has 128 valence electrons. The maximum absolute atomic E-state index is 12.3. The van der Waals surface area contributed by atoms with Crippen molar-refractivity contribution in [2.45, 2.75) is 51.2 Å². The largest absolute Gasteiger partial charge is 0.384 e. The van der Waals surface area contributed by atoms with Crippen LogP contribution in [0, 0.1) is 5.92 Å². The molecule has 0 aromatic carbocycles. The molecule has 23 heavy (non-hydrogen) atoms. The number of methoxy groups -OCH3 is 1. The second-order valence-corrected chi connectivity index (χ2v) is 6.33. The van der Waals surface area contributed by atoms with E-state index in [0.29, 0.717) is 43.8 Å². The van der Waals surface area contributed by atoms with E-state index in [1.807, 2.05) is 4.90 Å². The first kappa shape index (κ1) is 16.4. The SMILES string of the molecule is COCCc1nc(CO[C@H]2CCCN(C(=O)C3CCC3)C2)no1. The third-order valence-electron chi connectivity index (χ3n) is 4.62. The van der Waals surface area contributed by atoms with Crippen molar-refractivity contribution in [1.82, 2.24) is 15.0 Å². The van der Waals surface area contributed by atoms with Crippen LogP contribution in [0.3, 0.4) is 0 Å². The normalized spacial score (nSPS) is 22.1. The monoisotopic (exact) mass is 323 g/mol. The average molecular weight is 323 g/mol. The zero-order valence-electron chi connectivity index (χ0n) is 13.7. The standard InChI is InChI=1S/C16H25N3O4/c1-21-9-7-15-17-14(18-23-15)11-22-13-6-3-8-19(10-13)16(20)12-4-2-5-12/h12-13H,2-11H2,1H3/t13-/m0/s1. The highest BCUT2D eigenvalue weighted by Gasteiger charge is 2.32. The summed E-state index contributed by atoms with van der Waals surface area (Å²) in [4.78, 5) is 18.6. The molecule has 1 saturated heterocycles. The van der Waals surface area contributed by atoms with E-state index >= 15 is 0 Å². The van der Waals surface area contributed by atoms with Gasteiger partial charge < -0.3 is 18.9 Å². The van der Waals surface area contributed by atoms with E-state index in [9.17, 15) is 4.79 Å². The molecule has 1 aromatic rings. The Bertz CT molecular complexity index is 515. The summed E-state index contributed by atoms with van der Waals surface area (Å²) in [5, 5.41) is 3.91. The Balaban J connectivity index is 1.44. The van der Waals surface area contributed by atoms with Crippen LogP contribution in [-0.4, -0.2) is 53.9 Å². The average Bonchev–Trinajstić information content (AvgIpc) is 2.97. The Morgan fingerprint density at radius 1 is 1.35 bits per heavy atom. The summed E-state index contributed by atoms with van der Waals surface area (Å²) in [6.07, 6.45) is 5.93. The lowest BCUT2D eigenvalue weighted by Gasteiger charge is -2.37. The van der Waals surface area contributed by atoms with Crippen LogP contribution in [0.15, 0.2) is 4.52 Å². The summed E-state index contributed by atoms with van der Waals surface area (Å²) < 4.78 is 16.0. The number of aromatic nitrogens is 2. The smallest absolute Gasteiger partial charge is 0.229 e. The Labute approximate surface area is 136 Å². The number of carbonyl (C=O) groups is 1. The molecular formula is C16H25N3O4. The fourth-order valence-corrected chi connectivity index (χ4v) is 3.02. The minimum atomic E-state index is 0.0636. The number of ether oxygens (including phenoxy) is 2. The summed E-state index contributed by atoms with van der Waals surface area (Å²) in [7, 11) is 1.64. The molecule has 1 aliphatic heterocycles. The van der Waals surface area contributed by atoms with Gasteiger partial charge >= 0.3 is 0 Å². The van der Waals surface area contributed by atoms with E-state index < -0.39 is 0 Å². The number of nitrogens with zero attached hydrogens (tertiary/aromatic N) is 3. The van der Waals surface area contributed by atoms with Crippen molar-refractivity contribution < 1.29 is 18.8 Å². The molecule has 2 aliphatic rings. The van der Waals surface area contributed by atoms with Crippen molar-refractivity contribution >= 4 is 5.91 Å². The molecule has 1 aliphatic carbocycles. The van der Waals surface area contributed by atoms with Gasteiger partial charge in [0.1, 0.15) is 6.61 Å². The van der Waals surface area contributed by atoms with Crippen molar-refractivity contribution in [3.63, 3.8) is 0 Å². The number of hydrogen-bond acceptors (Lipinski definition) is 6.